The lowest BCUT2D eigenvalue weighted by molar-refractivity contribution is 0.0901. The molecule has 3 aromatic rings. The van der Waals surface area contributed by atoms with Crippen LogP contribution in [0.15, 0.2) is 78.9 Å². The van der Waals surface area contributed by atoms with Crippen LogP contribution in [0.1, 0.15) is 21.5 Å². The number of benzene rings is 3. The number of nitrogens with zero attached hydrogens (tertiary/aromatic N) is 2. The number of ether oxygens (including phenoxy) is 1. The lowest BCUT2D eigenvalue weighted by atomic mass is 10.1. The van der Waals surface area contributed by atoms with Crippen molar-refractivity contribution in [1.82, 2.24) is 9.62 Å². The van der Waals surface area contributed by atoms with Crippen molar-refractivity contribution < 1.29 is 22.3 Å². The second-order valence-corrected chi connectivity index (χ2v) is 9.81. The minimum atomic E-state index is -3.94. The van der Waals surface area contributed by atoms with Gasteiger partial charge in [-0.3, -0.25) is 9.10 Å². The first kappa shape index (κ1) is 25.4. The third-order valence-electron chi connectivity index (χ3n) is 5.05. The molecule has 0 heterocycles. The molecule has 0 radical (unpaired) electrons. The van der Waals surface area contributed by atoms with E-state index in [1.807, 2.05) is 30.3 Å². The van der Waals surface area contributed by atoms with E-state index in [9.17, 15) is 17.6 Å². The van der Waals surface area contributed by atoms with E-state index in [1.165, 1.54) is 32.3 Å². The van der Waals surface area contributed by atoms with Gasteiger partial charge in [0.15, 0.2) is 0 Å². The lowest BCUT2D eigenvalue weighted by Crippen LogP contribution is -2.40. The smallest absolute Gasteiger partial charge is 0.303 e. The summed E-state index contributed by atoms with van der Waals surface area (Å²) in [6, 6.07) is 22.0. The van der Waals surface area contributed by atoms with Gasteiger partial charge in [0, 0.05) is 26.2 Å². The summed E-state index contributed by atoms with van der Waals surface area (Å²) in [7, 11) is -1.17. The molecule has 0 atom stereocenters. The Morgan fingerprint density at radius 3 is 2.21 bits per heavy atom. The molecule has 180 valence electrons. The van der Waals surface area contributed by atoms with Gasteiger partial charge in [-0.05, 0) is 35.4 Å². The topological polar surface area (TPSA) is 79.0 Å². The number of anilines is 1. The van der Waals surface area contributed by atoms with Crippen LogP contribution in [0.25, 0.3) is 0 Å². The summed E-state index contributed by atoms with van der Waals surface area (Å²) in [6.45, 7) is 1.12. The summed E-state index contributed by atoms with van der Waals surface area (Å²) in [5, 5.41) is 2.79. The van der Waals surface area contributed by atoms with E-state index in [-0.39, 0.29) is 18.1 Å². The zero-order valence-electron chi connectivity index (χ0n) is 19.1. The van der Waals surface area contributed by atoms with Gasteiger partial charge >= 0.3 is 10.2 Å². The summed E-state index contributed by atoms with van der Waals surface area (Å²) in [4.78, 5) is 12.4. The SMILES string of the molecule is CN(C)S(=O)(=O)N(Cc1ccc(C(=O)NCCOCc2ccccc2)cc1)c1ccccc1F. The van der Waals surface area contributed by atoms with Gasteiger partial charge in [-0.1, -0.05) is 54.6 Å². The van der Waals surface area contributed by atoms with Crippen LogP contribution in [-0.2, 0) is 28.1 Å². The molecule has 3 aromatic carbocycles. The summed E-state index contributed by atoms with van der Waals surface area (Å²) in [5.41, 5.74) is 2.05. The van der Waals surface area contributed by atoms with Crippen LogP contribution in [0.2, 0.25) is 0 Å². The molecule has 0 aromatic heterocycles. The number of amides is 1. The van der Waals surface area contributed by atoms with E-state index in [1.54, 1.807) is 30.3 Å². The Bertz CT molecular complexity index is 1190. The largest absolute Gasteiger partial charge is 0.375 e. The number of halogens is 1. The van der Waals surface area contributed by atoms with Crippen LogP contribution in [0.4, 0.5) is 10.1 Å². The summed E-state index contributed by atoms with van der Waals surface area (Å²) >= 11 is 0. The van der Waals surface area contributed by atoms with E-state index in [4.69, 9.17) is 4.74 Å². The summed E-state index contributed by atoms with van der Waals surface area (Å²) in [6.07, 6.45) is 0. The van der Waals surface area contributed by atoms with Crippen molar-refractivity contribution in [2.24, 2.45) is 0 Å². The maximum absolute atomic E-state index is 14.4. The molecule has 0 aliphatic rings. The van der Waals surface area contributed by atoms with Gasteiger partial charge < -0.3 is 10.1 Å². The maximum atomic E-state index is 14.4. The highest BCUT2D eigenvalue weighted by Crippen LogP contribution is 2.25. The molecule has 0 unspecified atom stereocenters. The number of carbonyl (C=O) groups is 1. The fourth-order valence-corrected chi connectivity index (χ4v) is 4.28. The molecule has 0 bridgehead atoms. The molecule has 0 saturated carbocycles. The predicted octanol–water partition coefficient (Wildman–Crippen LogP) is 3.59. The minimum Gasteiger partial charge on any atom is -0.375 e. The highest BCUT2D eigenvalue weighted by molar-refractivity contribution is 7.90. The van der Waals surface area contributed by atoms with Crippen LogP contribution in [0.5, 0.6) is 0 Å². The van der Waals surface area contributed by atoms with Crippen LogP contribution >= 0.6 is 0 Å². The number of rotatable bonds is 11. The number of hydrogen-bond acceptors (Lipinski definition) is 4. The summed E-state index contributed by atoms with van der Waals surface area (Å²) < 4.78 is 47.6. The van der Waals surface area contributed by atoms with E-state index in [0.717, 1.165) is 14.2 Å². The Morgan fingerprint density at radius 2 is 1.56 bits per heavy atom. The van der Waals surface area contributed by atoms with E-state index in [0.29, 0.717) is 30.9 Å². The van der Waals surface area contributed by atoms with Crippen molar-refractivity contribution in [3.8, 4) is 0 Å². The molecule has 3 rings (SSSR count). The standard InChI is InChI=1S/C25H28FN3O4S/c1-28(2)34(31,32)29(24-11-7-6-10-23(24)26)18-20-12-14-22(15-13-20)25(30)27-16-17-33-19-21-8-4-3-5-9-21/h3-15H,16-19H2,1-2H3,(H,27,30). The molecule has 0 fully saturated rings. The third-order valence-corrected chi connectivity index (χ3v) is 6.85. The first-order valence-corrected chi connectivity index (χ1v) is 12.1. The molecular formula is C25H28FN3O4S. The van der Waals surface area contributed by atoms with Gasteiger partial charge in [0.25, 0.3) is 5.91 Å². The lowest BCUT2D eigenvalue weighted by Gasteiger charge is -2.27. The average Bonchev–Trinajstić information content (AvgIpc) is 2.83. The van der Waals surface area contributed by atoms with Crippen molar-refractivity contribution in [1.29, 1.82) is 0 Å². The molecular weight excluding hydrogens is 457 g/mol. The zero-order chi connectivity index (χ0) is 24.6. The summed E-state index contributed by atoms with van der Waals surface area (Å²) in [5.74, 6) is -0.903. The molecule has 9 heteroatoms. The number of para-hydroxylation sites is 1. The minimum absolute atomic E-state index is 0.0477. The molecule has 0 aliphatic heterocycles. The number of nitrogens with one attached hydrogen (secondary N) is 1. The van der Waals surface area contributed by atoms with E-state index in [2.05, 4.69) is 5.32 Å². The normalized spacial score (nSPS) is 11.4. The Balaban J connectivity index is 1.59. The van der Waals surface area contributed by atoms with Crippen molar-refractivity contribution in [2.45, 2.75) is 13.2 Å². The van der Waals surface area contributed by atoms with Crippen molar-refractivity contribution in [2.75, 3.05) is 31.6 Å². The molecule has 0 spiro atoms. The zero-order valence-corrected chi connectivity index (χ0v) is 20.0. The first-order chi connectivity index (χ1) is 16.3. The highest BCUT2D eigenvalue weighted by Gasteiger charge is 2.27. The van der Waals surface area contributed by atoms with Crippen LogP contribution in [-0.4, -0.2) is 45.9 Å². The Labute approximate surface area is 200 Å². The van der Waals surface area contributed by atoms with Crippen LogP contribution in [0.3, 0.4) is 0 Å². The average molecular weight is 486 g/mol. The Morgan fingerprint density at radius 1 is 0.912 bits per heavy atom. The van der Waals surface area contributed by atoms with Gasteiger partial charge in [0.1, 0.15) is 5.82 Å². The number of carbonyl (C=O) groups excluding carboxylic acids is 1. The monoisotopic (exact) mass is 485 g/mol. The Hall–Kier alpha value is -3.27. The second kappa shape index (κ2) is 11.7. The van der Waals surface area contributed by atoms with Crippen molar-refractivity contribution in [3.63, 3.8) is 0 Å². The predicted molar refractivity (Wildman–Crippen MR) is 130 cm³/mol. The molecule has 0 aliphatic carbocycles. The second-order valence-electron chi connectivity index (χ2n) is 7.74. The molecule has 34 heavy (non-hydrogen) atoms. The third kappa shape index (κ3) is 6.63. The quantitative estimate of drug-likeness (QED) is 0.421. The molecule has 1 N–H and O–H groups in total. The van der Waals surface area contributed by atoms with E-state index >= 15 is 0 Å². The number of hydrogen-bond donors (Lipinski definition) is 1. The van der Waals surface area contributed by atoms with Gasteiger partial charge in [0.2, 0.25) is 0 Å². The first-order valence-electron chi connectivity index (χ1n) is 10.7. The maximum Gasteiger partial charge on any atom is 0.303 e. The molecule has 7 nitrogen and oxygen atoms in total. The van der Waals surface area contributed by atoms with Gasteiger partial charge in [-0.25, -0.2) is 4.39 Å². The van der Waals surface area contributed by atoms with Crippen LogP contribution in [0, 0.1) is 5.82 Å². The van der Waals surface area contributed by atoms with E-state index < -0.39 is 16.0 Å². The molecule has 0 saturated heterocycles. The van der Waals surface area contributed by atoms with Gasteiger partial charge in [-0.15, -0.1) is 0 Å². The van der Waals surface area contributed by atoms with Crippen molar-refractivity contribution in [3.05, 3.63) is 101 Å². The fraction of sp³-hybridized carbons (Fsp3) is 0.240. The van der Waals surface area contributed by atoms with Gasteiger partial charge in [0.05, 0.1) is 25.4 Å². The fourth-order valence-electron chi connectivity index (χ4n) is 3.17. The molecule has 1 amide bonds. The highest BCUT2D eigenvalue weighted by atomic mass is 32.2. The van der Waals surface area contributed by atoms with Crippen LogP contribution < -0.4 is 9.62 Å². The Kier molecular flexibility index (Phi) is 8.75. The van der Waals surface area contributed by atoms with Crippen molar-refractivity contribution >= 4 is 21.8 Å². The van der Waals surface area contributed by atoms with Gasteiger partial charge in [-0.2, -0.15) is 12.7 Å².